The van der Waals surface area contributed by atoms with Gasteiger partial charge in [0.15, 0.2) is 0 Å². The van der Waals surface area contributed by atoms with E-state index in [-0.39, 0.29) is 0 Å². The molecular formula is C15H18. The molecule has 2 unspecified atom stereocenters. The van der Waals surface area contributed by atoms with Crippen LogP contribution in [0.3, 0.4) is 0 Å². The van der Waals surface area contributed by atoms with Crippen LogP contribution in [0.1, 0.15) is 55.2 Å². The van der Waals surface area contributed by atoms with E-state index in [0.717, 1.165) is 11.8 Å². The smallest absolute Gasteiger partial charge is 0.00626 e. The van der Waals surface area contributed by atoms with Gasteiger partial charge in [0.1, 0.15) is 0 Å². The Morgan fingerprint density at radius 2 is 1.87 bits per heavy atom. The molecule has 0 spiro atoms. The summed E-state index contributed by atoms with van der Waals surface area (Å²) in [6.07, 6.45) is 2.75. The van der Waals surface area contributed by atoms with E-state index in [1.165, 1.54) is 18.4 Å². The Hall–Kier alpha value is -1.04. The Kier molecular flexibility index (Phi) is 1.83. The molecule has 3 rings (SSSR count). The maximum Gasteiger partial charge on any atom is 0.00626 e. The van der Waals surface area contributed by atoms with Gasteiger partial charge in [-0.25, -0.2) is 0 Å². The van der Waals surface area contributed by atoms with Crippen molar-refractivity contribution < 1.29 is 0 Å². The molecule has 0 heteroatoms. The van der Waals surface area contributed by atoms with Crippen LogP contribution in [0, 0.1) is 6.92 Å². The van der Waals surface area contributed by atoms with E-state index < -0.39 is 0 Å². The van der Waals surface area contributed by atoms with Gasteiger partial charge in [-0.1, -0.05) is 29.3 Å². The van der Waals surface area contributed by atoms with Crippen molar-refractivity contribution >= 4 is 0 Å². The average molecular weight is 198 g/mol. The van der Waals surface area contributed by atoms with Crippen LogP contribution >= 0.6 is 0 Å². The van der Waals surface area contributed by atoms with Crippen LogP contribution in [0.4, 0.5) is 0 Å². The molecular weight excluding hydrogens is 180 g/mol. The number of fused-ring (bicyclic) bond motifs is 5. The Morgan fingerprint density at radius 1 is 1.13 bits per heavy atom. The van der Waals surface area contributed by atoms with Crippen LogP contribution in [0.5, 0.6) is 0 Å². The zero-order chi connectivity index (χ0) is 10.6. The third kappa shape index (κ3) is 1.08. The second-order valence-corrected chi connectivity index (χ2v) is 5.22. The second-order valence-electron chi connectivity index (χ2n) is 5.22. The van der Waals surface area contributed by atoms with Gasteiger partial charge in [-0.3, -0.25) is 0 Å². The third-order valence-electron chi connectivity index (χ3n) is 4.15. The number of hydrogen-bond acceptors (Lipinski definition) is 0. The van der Waals surface area contributed by atoms with Crippen molar-refractivity contribution in [1.29, 1.82) is 0 Å². The first-order chi connectivity index (χ1) is 7.20. The highest BCUT2D eigenvalue weighted by Gasteiger charge is 2.42. The molecule has 2 aliphatic carbocycles. The van der Waals surface area contributed by atoms with Crippen LogP contribution in [0.2, 0.25) is 0 Å². The SMILES string of the molecule is CC(C)=C1C2CCC1c1c(C)cccc12. The summed E-state index contributed by atoms with van der Waals surface area (Å²) >= 11 is 0. The monoisotopic (exact) mass is 198 g/mol. The Morgan fingerprint density at radius 3 is 2.53 bits per heavy atom. The largest absolute Gasteiger partial charge is 0.0760 e. The van der Waals surface area contributed by atoms with Gasteiger partial charge >= 0.3 is 0 Å². The lowest BCUT2D eigenvalue weighted by atomic mass is 9.89. The van der Waals surface area contributed by atoms with Gasteiger partial charge < -0.3 is 0 Å². The summed E-state index contributed by atoms with van der Waals surface area (Å²) in [4.78, 5) is 0. The van der Waals surface area contributed by atoms with Crippen molar-refractivity contribution in [3.05, 3.63) is 46.0 Å². The normalized spacial score (nSPS) is 27.0. The predicted octanol–water partition coefficient (Wildman–Crippen LogP) is 4.31. The maximum atomic E-state index is 2.34. The topological polar surface area (TPSA) is 0 Å². The summed E-state index contributed by atoms with van der Waals surface area (Å²) in [5, 5.41) is 0. The molecule has 0 aliphatic heterocycles. The molecule has 15 heavy (non-hydrogen) atoms. The fourth-order valence-electron chi connectivity index (χ4n) is 3.69. The van der Waals surface area contributed by atoms with E-state index in [9.17, 15) is 0 Å². The molecule has 0 aromatic heterocycles. The van der Waals surface area contributed by atoms with Crippen LogP contribution in [0.15, 0.2) is 29.3 Å². The molecule has 1 aromatic rings. The predicted molar refractivity (Wildman–Crippen MR) is 64.3 cm³/mol. The summed E-state index contributed by atoms with van der Waals surface area (Å²) < 4.78 is 0. The zero-order valence-electron chi connectivity index (χ0n) is 9.80. The molecule has 0 N–H and O–H groups in total. The number of aryl methyl sites for hydroxylation is 1. The van der Waals surface area contributed by atoms with Crippen molar-refractivity contribution in [2.24, 2.45) is 0 Å². The zero-order valence-corrected chi connectivity index (χ0v) is 9.80. The minimum atomic E-state index is 0.759. The third-order valence-corrected chi connectivity index (χ3v) is 4.15. The summed E-state index contributed by atoms with van der Waals surface area (Å²) in [7, 11) is 0. The van der Waals surface area contributed by atoms with Gasteiger partial charge in [0, 0.05) is 11.8 Å². The van der Waals surface area contributed by atoms with E-state index in [1.54, 1.807) is 22.3 Å². The highest BCUT2D eigenvalue weighted by Crippen LogP contribution is 2.58. The first kappa shape index (κ1) is 9.21. The van der Waals surface area contributed by atoms with E-state index in [4.69, 9.17) is 0 Å². The first-order valence-electron chi connectivity index (χ1n) is 5.97. The summed E-state index contributed by atoms with van der Waals surface area (Å²) in [5.41, 5.74) is 8.07. The quantitative estimate of drug-likeness (QED) is 0.545. The number of hydrogen-bond donors (Lipinski definition) is 0. The van der Waals surface area contributed by atoms with Crippen molar-refractivity contribution in [3.8, 4) is 0 Å². The number of rotatable bonds is 0. The summed E-state index contributed by atoms with van der Waals surface area (Å²) in [5.74, 6) is 1.52. The fraction of sp³-hybridized carbons (Fsp3) is 0.467. The molecule has 78 valence electrons. The van der Waals surface area contributed by atoms with Gasteiger partial charge in [-0.2, -0.15) is 0 Å². The highest BCUT2D eigenvalue weighted by molar-refractivity contribution is 5.56. The molecule has 0 nitrogen and oxygen atoms in total. The first-order valence-corrected chi connectivity index (χ1v) is 5.97. The van der Waals surface area contributed by atoms with Gasteiger partial charge in [0.25, 0.3) is 0 Å². The van der Waals surface area contributed by atoms with E-state index >= 15 is 0 Å². The molecule has 0 radical (unpaired) electrons. The Balaban J connectivity index is 2.26. The maximum absolute atomic E-state index is 2.34. The van der Waals surface area contributed by atoms with Gasteiger partial charge in [0.2, 0.25) is 0 Å². The van der Waals surface area contributed by atoms with Crippen LogP contribution in [-0.4, -0.2) is 0 Å². The van der Waals surface area contributed by atoms with E-state index in [1.807, 2.05) is 0 Å². The number of allylic oxidation sites excluding steroid dienone is 2. The van der Waals surface area contributed by atoms with Gasteiger partial charge in [0.05, 0.1) is 0 Å². The molecule has 2 atom stereocenters. The molecule has 0 saturated heterocycles. The molecule has 0 heterocycles. The Bertz CT molecular complexity index is 447. The van der Waals surface area contributed by atoms with Crippen LogP contribution in [-0.2, 0) is 0 Å². The average Bonchev–Trinajstić information content (AvgIpc) is 2.73. The van der Waals surface area contributed by atoms with Crippen LogP contribution < -0.4 is 0 Å². The minimum Gasteiger partial charge on any atom is -0.0760 e. The highest BCUT2D eigenvalue weighted by atomic mass is 14.5. The number of benzene rings is 1. The standard InChI is InChI=1S/C15H18/c1-9(2)14-12-7-8-13(14)15-10(3)5-4-6-11(12)15/h4-6,12-13H,7-8H2,1-3H3. The Labute approximate surface area is 92.0 Å². The van der Waals surface area contributed by atoms with Crippen molar-refractivity contribution in [2.45, 2.75) is 45.4 Å². The van der Waals surface area contributed by atoms with Crippen molar-refractivity contribution in [1.82, 2.24) is 0 Å². The van der Waals surface area contributed by atoms with Crippen molar-refractivity contribution in [3.63, 3.8) is 0 Å². The second kappa shape index (κ2) is 2.98. The molecule has 2 aliphatic rings. The fourth-order valence-corrected chi connectivity index (χ4v) is 3.69. The van der Waals surface area contributed by atoms with Crippen molar-refractivity contribution in [2.75, 3.05) is 0 Å². The molecule has 1 fully saturated rings. The summed E-state index contributed by atoms with van der Waals surface area (Å²) in [6, 6.07) is 6.83. The molecule has 2 bridgehead atoms. The molecule has 0 amide bonds. The lowest BCUT2D eigenvalue weighted by molar-refractivity contribution is 0.713. The summed E-state index contributed by atoms with van der Waals surface area (Å²) in [6.45, 7) is 6.83. The van der Waals surface area contributed by atoms with E-state index in [2.05, 4.69) is 39.0 Å². The van der Waals surface area contributed by atoms with Gasteiger partial charge in [-0.15, -0.1) is 0 Å². The van der Waals surface area contributed by atoms with Crippen LogP contribution in [0.25, 0.3) is 0 Å². The lowest BCUT2D eigenvalue weighted by Crippen LogP contribution is -1.99. The minimum absolute atomic E-state index is 0.759. The van der Waals surface area contributed by atoms with Gasteiger partial charge in [-0.05, 0) is 50.3 Å². The molecule has 1 aromatic carbocycles. The van der Waals surface area contributed by atoms with E-state index in [0.29, 0.717) is 0 Å². The lowest BCUT2D eigenvalue weighted by Gasteiger charge is -2.15. The molecule has 1 saturated carbocycles.